The highest BCUT2D eigenvalue weighted by Crippen LogP contribution is 2.39. The number of carbonyl (C=O) groups is 2. The quantitative estimate of drug-likeness (QED) is 0.607. The summed E-state index contributed by atoms with van der Waals surface area (Å²) < 4.78 is 23.9. The maximum Gasteiger partial charge on any atom is 0.278 e. The summed E-state index contributed by atoms with van der Waals surface area (Å²) in [5, 5.41) is 3.04. The van der Waals surface area contributed by atoms with E-state index in [-0.39, 0.29) is 41.3 Å². The number of aliphatic imine (C=N–C) groups is 1. The molecule has 1 aromatic heterocycles. The Labute approximate surface area is 230 Å². The van der Waals surface area contributed by atoms with E-state index in [4.69, 9.17) is 0 Å². The SMILES string of the molecule is Cc1ccc(C(=O)N=C2Cc3cnc(N4CCS(=O)(=O)CC4)cc3N2C2CCC(C(=O)NC(C)C)CC2)cc1. The van der Waals surface area contributed by atoms with Crippen molar-refractivity contribution in [1.82, 2.24) is 10.3 Å². The molecule has 10 heteroatoms. The van der Waals surface area contributed by atoms with Crippen molar-refractivity contribution in [3.63, 3.8) is 0 Å². The summed E-state index contributed by atoms with van der Waals surface area (Å²) in [5.41, 5.74) is 3.60. The minimum atomic E-state index is -3.00. The fraction of sp³-hybridized carbons (Fsp3) is 0.517. The van der Waals surface area contributed by atoms with Crippen molar-refractivity contribution < 1.29 is 18.0 Å². The van der Waals surface area contributed by atoms with E-state index in [2.05, 4.69) is 20.2 Å². The third-order valence-electron chi connectivity index (χ3n) is 7.89. The molecule has 39 heavy (non-hydrogen) atoms. The smallest absolute Gasteiger partial charge is 0.278 e. The van der Waals surface area contributed by atoms with Crippen LogP contribution < -0.4 is 15.1 Å². The maximum atomic E-state index is 13.2. The first kappa shape index (κ1) is 27.3. The number of amides is 2. The van der Waals surface area contributed by atoms with E-state index in [9.17, 15) is 18.0 Å². The molecular weight excluding hydrogens is 514 g/mol. The van der Waals surface area contributed by atoms with E-state index < -0.39 is 9.84 Å². The average Bonchev–Trinajstić information content (AvgIpc) is 3.25. The number of nitrogens with zero attached hydrogens (tertiary/aromatic N) is 4. The Morgan fingerprint density at radius 1 is 1.05 bits per heavy atom. The van der Waals surface area contributed by atoms with Gasteiger partial charge in [0.2, 0.25) is 5.91 Å². The van der Waals surface area contributed by atoms with Crippen LogP contribution in [0.4, 0.5) is 11.5 Å². The van der Waals surface area contributed by atoms with Gasteiger partial charge in [0.15, 0.2) is 9.84 Å². The number of sulfone groups is 1. The number of pyridine rings is 1. The zero-order valence-electron chi connectivity index (χ0n) is 22.9. The number of nitrogens with one attached hydrogen (secondary N) is 1. The van der Waals surface area contributed by atoms with Gasteiger partial charge in [-0.25, -0.2) is 13.4 Å². The molecule has 0 atom stereocenters. The Balaban J connectivity index is 1.42. The first-order valence-corrected chi connectivity index (χ1v) is 15.6. The molecule has 0 bridgehead atoms. The van der Waals surface area contributed by atoms with Gasteiger partial charge in [0.1, 0.15) is 11.7 Å². The molecule has 3 heterocycles. The lowest BCUT2D eigenvalue weighted by molar-refractivity contribution is -0.126. The van der Waals surface area contributed by atoms with Crippen LogP contribution in [0, 0.1) is 12.8 Å². The Bertz CT molecular complexity index is 1360. The summed E-state index contributed by atoms with van der Waals surface area (Å²) in [6, 6.07) is 9.66. The first-order valence-electron chi connectivity index (χ1n) is 13.8. The lowest BCUT2D eigenvalue weighted by Crippen LogP contribution is -2.44. The highest BCUT2D eigenvalue weighted by atomic mass is 32.2. The monoisotopic (exact) mass is 551 g/mol. The van der Waals surface area contributed by atoms with Gasteiger partial charge in [-0.15, -0.1) is 0 Å². The number of anilines is 2. The van der Waals surface area contributed by atoms with E-state index in [1.54, 1.807) is 12.1 Å². The van der Waals surface area contributed by atoms with Gasteiger partial charge >= 0.3 is 0 Å². The highest BCUT2D eigenvalue weighted by molar-refractivity contribution is 7.91. The van der Waals surface area contributed by atoms with Crippen molar-refractivity contribution in [2.24, 2.45) is 10.9 Å². The van der Waals surface area contributed by atoms with Crippen molar-refractivity contribution in [2.45, 2.75) is 65.0 Å². The summed E-state index contributed by atoms with van der Waals surface area (Å²) >= 11 is 0. The number of amidine groups is 1. The summed E-state index contributed by atoms with van der Waals surface area (Å²) in [7, 11) is -3.00. The standard InChI is InChI=1S/C29H37N5O4S/c1-19(2)31-28(35)22-8-10-24(11-9-22)34-25-17-26(33-12-14-39(37,38)15-13-33)30-18-23(25)16-27(34)32-29(36)21-6-4-20(3)5-7-21/h4-7,17-19,22,24H,8-16H2,1-3H3,(H,31,35). The predicted octanol–water partition coefficient (Wildman–Crippen LogP) is 3.31. The lowest BCUT2D eigenvalue weighted by Gasteiger charge is -2.36. The Morgan fingerprint density at radius 3 is 2.36 bits per heavy atom. The maximum absolute atomic E-state index is 13.2. The number of fused-ring (bicyclic) bond motifs is 1. The van der Waals surface area contributed by atoms with E-state index >= 15 is 0 Å². The molecule has 0 radical (unpaired) electrons. The number of carbonyl (C=O) groups excluding carboxylic acids is 2. The molecule has 1 N–H and O–H groups in total. The van der Waals surface area contributed by atoms with Crippen LogP contribution in [0.25, 0.3) is 0 Å². The molecule has 2 fully saturated rings. The number of hydrogen-bond acceptors (Lipinski definition) is 6. The fourth-order valence-electron chi connectivity index (χ4n) is 5.71. The molecule has 2 aliphatic heterocycles. The molecular formula is C29H37N5O4S. The molecule has 2 aromatic rings. The molecule has 0 spiro atoms. The Morgan fingerprint density at radius 2 is 1.72 bits per heavy atom. The van der Waals surface area contributed by atoms with Gasteiger partial charge in [-0.05, 0) is 58.6 Å². The summed E-state index contributed by atoms with van der Waals surface area (Å²) in [5.74, 6) is 1.51. The summed E-state index contributed by atoms with van der Waals surface area (Å²) in [4.78, 5) is 39.3. The van der Waals surface area contributed by atoms with E-state index in [0.29, 0.717) is 30.9 Å². The van der Waals surface area contributed by atoms with Gasteiger partial charge in [0.25, 0.3) is 5.91 Å². The van der Waals surface area contributed by atoms with Gasteiger partial charge in [0.05, 0.1) is 17.2 Å². The third kappa shape index (κ3) is 6.16. The molecule has 9 nitrogen and oxygen atoms in total. The minimum absolute atomic E-state index is 0.0106. The number of rotatable bonds is 5. The summed E-state index contributed by atoms with van der Waals surface area (Å²) in [6.45, 7) is 6.76. The molecule has 2 amide bonds. The van der Waals surface area contributed by atoms with Crippen molar-refractivity contribution in [1.29, 1.82) is 0 Å². The fourth-order valence-corrected chi connectivity index (χ4v) is 6.91. The van der Waals surface area contributed by atoms with Crippen LogP contribution in [-0.4, -0.2) is 67.7 Å². The second kappa shape index (κ2) is 11.1. The second-order valence-electron chi connectivity index (χ2n) is 11.2. The van der Waals surface area contributed by atoms with Crippen LogP contribution in [0.15, 0.2) is 41.5 Å². The molecule has 1 saturated heterocycles. The van der Waals surface area contributed by atoms with Gasteiger partial charge in [0, 0.05) is 60.9 Å². The number of hydrogen-bond donors (Lipinski definition) is 1. The largest absolute Gasteiger partial charge is 0.355 e. The number of benzene rings is 1. The van der Waals surface area contributed by atoms with Crippen molar-refractivity contribution in [3.05, 3.63) is 53.2 Å². The zero-order valence-corrected chi connectivity index (χ0v) is 23.7. The molecule has 1 saturated carbocycles. The van der Waals surface area contributed by atoms with Crippen molar-refractivity contribution >= 4 is 39.0 Å². The van der Waals surface area contributed by atoms with E-state index in [1.165, 1.54) is 0 Å². The van der Waals surface area contributed by atoms with Crippen LogP contribution in [0.5, 0.6) is 0 Å². The molecule has 0 unspecified atom stereocenters. The molecule has 208 valence electrons. The number of aryl methyl sites for hydroxylation is 1. The third-order valence-corrected chi connectivity index (χ3v) is 9.50. The van der Waals surface area contributed by atoms with Crippen LogP contribution in [-0.2, 0) is 21.1 Å². The normalized spacial score (nSPS) is 23.6. The molecule has 5 rings (SSSR count). The van der Waals surface area contributed by atoms with Crippen LogP contribution >= 0.6 is 0 Å². The highest BCUT2D eigenvalue weighted by Gasteiger charge is 2.37. The topological polar surface area (TPSA) is 112 Å². The van der Waals surface area contributed by atoms with Crippen LogP contribution in [0.3, 0.4) is 0 Å². The van der Waals surface area contributed by atoms with Gasteiger partial charge in [-0.3, -0.25) is 9.59 Å². The lowest BCUT2D eigenvalue weighted by atomic mass is 9.84. The first-order chi connectivity index (χ1) is 18.6. The van der Waals surface area contributed by atoms with Gasteiger partial charge in [-0.2, -0.15) is 4.99 Å². The van der Waals surface area contributed by atoms with E-state index in [0.717, 1.165) is 48.3 Å². The molecule has 3 aliphatic rings. The van der Waals surface area contributed by atoms with Crippen LogP contribution in [0.1, 0.15) is 61.0 Å². The van der Waals surface area contributed by atoms with Gasteiger partial charge < -0.3 is 15.1 Å². The Hall–Kier alpha value is -3.27. The van der Waals surface area contributed by atoms with Crippen molar-refractivity contribution in [2.75, 3.05) is 34.4 Å². The Kier molecular flexibility index (Phi) is 7.75. The second-order valence-corrected chi connectivity index (χ2v) is 13.5. The number of aromatic nitrogens is 1. The van der Waals surface area contributed by atoms with Gasteiger partial charge in [-0.1, -0.05) is 17.7 Å². The predicted molar refractivity (Wildman–Crippen MR) is 153 cm³/mol. The van der Waals surface area contributed by atoms with Crippen molar-refractivity contribution in [3.8, 4) is 0 Å². The minimum Gasteiger partial charge on any atom is -0.355 e. The molecule has 1 aromatic carbocycles. The zero-order chi connectivity index (χ0) is 27.7. The van der Waals surface area contributed by atoms with E-state index in [1.807, 2.05) is 50.1 Å². The average molecular weight is 552 g/mol. The summed E-state index contributed by atoms with van der Waals surface area (Å²) in [6.07, 6.45) is 5.51. The van der Waals surface area contributed by atoms with Crippen LogP contribution in [0.2, 0.25) is 0 Å². The molecule has 1 aliphatic carbocycles.